The molecule has 1 aromatic carbocycles. The van der Waals surface area contributed by atoms with Crippen LogP contribution in [0.2, 0.25) is 0 Å². The number of thiocyanates is 1. The summed E-state index contributed by atoms with van der Waals surface area (Å²) < 4.78 is 0. The lowest BCUT2D eigenvalue weighted by molar-refractivity contribution is 0.108. The standard InChI is InChI=1S/C10H9NOS2/c1-8-3-2-4-9(5-8)10(12)14-7-13-6-11/h2-5H,7H2,1H3. The molecule has 0 amide bonds. The van der Waals surface area contributed by atoms with Gasteiger partial charge in [-0.25, -0.2) is 0 Å². The van der Waals surface area contributed by atoms with Crippen molar-refractivity contribution in [2.45, 2.75) is 6.92 Å². The van der Waals surface area contributed by atoms with E-state index in [1.165, 1.54) is 0 Å². The molecule has 0 bridgehead atoms. The Morgan fingerprint density at radius 3 is 3.00 bits per heavy atom. The van der Waals surface area contributed by atoms with Crippen LogP contribution >= 0.6 is 23.5 Å². The van der Waals surface area contributed by atoms with Crippen LogP contribution in [0, 0.1) is 17.6 Å². The Balaban J connectivity index is 2.57. The molecule has 0 spiro atoms. The maximum Gasteiger partial charge on any atom is 0.220 e. The molecule has 0 aliphatic rings. The van der Waals surface area contributed by atoms with E-state index in [2.05, 4.69) is 0 Å². The number of hydrogen-bond donors (Lipinski definition) is 0. The lowest BCUT2D eigenvalue weighted by Crippen LogP contribution is -1.93. The molecule has 0 saturated carbocycles. The summed E-state index contributed by atoms with van der Waals surface area (Å²) in [5.41, 5.74) is 1.78. The maximum absolute atomic E-state index is 11.5. The number of carbonyl (C=O) groups excluding carboxylic acids is 1. The Morgan fingerprint density at radius 2 is 2.36 bits per heavy atom. The number of rotatable bonds is 3. The normalized spacial score (nSPS) is 9.43. The van der Waals surface area contributed by atoms with Gasteiger partial charge in [0.15, 0.2) is 0 Å². The third-order valence-electron chi connectivity index (χ3n) is 1.57. The van der Waals surface area contributed by atoms with Gasteiger partial charge in [-0.05, 0) is 24.8 Å². The second kappa shape index (κ2) is 5.74. The number of hydrogen-bond acceptors (Lipinski definition) is 4. The Kier molecular flexibility index (Phi) is 4.57. The lowest BCUT2D eigenvalue weighted by Gasteiger charge is -1.99. The highest BCUT2D eigenvalue weighted by atomic mass is 32.2. The lowest BCUT2D eigenvalue weighted by atomic mass is 10.2. The topological polar surface area (TPSA) is 40.9 Å². The molecule has 0 N–H and O–H groups in total. The zero-order valence-corrected chi connectivity index (χ0v) is 9.32. The van der Waals surface area contributed by atoms with Crippen molar-refractivity contribution in [2.24, 2.45) is 0 Å². The summed E-state index contributed by atoms with van der Waals surface area (Å²) >= 11 is 2.25. The summed E-state index contributed by atoms with van der Waals surface area (Å²) in [5, 5.41) is 10.7. The second-order valence-electron chi connectivity index (χ2n) is 2.65. The van der Waals surface area contributed by atoms with Crippen LogP contribution in [0.25, 0.3) is 0 Å². The number of nitriles is 1. The zero-order chi connectivity index (χ0) is 10.4. The first-order chi connectivity index (χ1) is 6.74. The van der Waals surface area contributed by atoms with Crippen molar-refractivity contribution in [3.8, 4) is 5.40 Å². The van der Waals surface area contributed by atoms with Gasteiger partial charge in [0.1, 0.15) is 5.40 Å². The molecular formula is C10H9NOS2. The smallest absolute Gasteiger partial charge is 0.220 e. The molecule has 0 aromatic heterocycles. The molecule has 0 saturated heterocycles. The van der Waals surface area contributed by atoms with E-state index in [9.17, 15) is 4.79 Å². The van der Waals surface area contributed by atoms with Gasteiger partial charge in [-0.2, -0.15) is 5.26 Å². The average molecular weight is 223 g/mol. The predicted octanol–water partition coefficient (Wildman–Crippen LogP) is 3.04. The van der Waals surface area contributed by atoms with E-state index in [-0.39, 0.29) is 5.12 Å². The Labute approximate surface area is 91.7 Å². The van der Waals surface area contributed by atoms with E-state index in [1.54, 1.807) is 6.07 Å². The molecule has 0 aliphatic heterocycles. The Bertz CT molecular complexity index is 371. The molecular weight excluding hydrogens is 214 g/mol. The first kappa shape index (κ1) is 11.2. The first-order valence-electron chi connectivity index (χ1n) is 3.98. The van der Waals surface area contributed by atoms with Crippen molar-refractivity contribution in [1.82, 2.24) is 0 Å². The van der Waals surface area contributed by atoms with E-state index in [0.717, 1.165) is 29.1 Å². The predicted molar refractivity (Wildman–Crippen MR) is 61.2 cm³/mol. The van der Waals surface area contributed by atoms with E-state index in [0.29, 0.717) is 10.6 Å². The molecule has 0 fully saturated rings. The van der Waals surface area contributed by atoms with Crippen molar-refractivity contribution in [2.75, 3.05) is 5.08 Å². The van der Waals surface area contributed by atoms with Crippen LogP contribution in [0.1, 0.15) is 15.9 Å². The maximum atomic E-state index is 11.5. The largest absolute Gasteiger partial charge is 0.282 e. The number of benzene rings is 1. The third kappa shape index (κ3) is 3.44. The molecule has 0 aliphatic carbocycles. The molecule has 0 atom stereocenters. The first-order valence-corrected chi connectivity index (χ1v) is 5.96. The summed E-state index contributed by atoms with van der Waals surface area (Å²) in [6.07, 6.45) is 0. The van der Waals surface area contributed by atoms with Gasteiger partial charge in [-0.3, -0.25) is 4.79 Å². The van der Waals surface area contributed by atoms with Gasteiger partial charge in [0, 0.05) is 5.56 Å². The minimum absolute atomic E-state index is 0.0245. The van der Waals surface area contributed by atoms with Crippen molar-refractivity contribution >= 4 is 28.6 Å². The van der Waals surface area contributed by atoms with Gasteiger partial charge in [-0.1, -0.05) is 35.5 Å². The number of carbonyl (C=O) groups is 1. The van der Waals surface area contributed by atoms with Crippen LogP contribution in [0.4, 0.5) is 0 Å². The summed E-state index contributed by atoms with van der Waals surface area (Å²) in [5.74, 6) is 0. The van der Waals surface area contributed by atoms with Crippen molar-refractivity contribution in [3.05, 3.63) is 35.4 Å². The van der Waals surface area contributed by atoms with Crippen LogP contribution < -0.4 is 0 Å². The van der Waals surface area contributed by atoms with Crippen LogP contribution in [-0.4, -0.2) is 10.2 Å². The number of nitrogens with zero attached hydrogens (tertiary/aromatic N) is 1. The average Bonchev–Trinajstić information content (AvgIpc) is 2.18. The highest BCUT2D eigenvalue weighted by molar-refractivity contribution is 8.25. The minimum Gasteiger partial charge on any atom is -0.282 e. The minimum atomic E-state index is 0.0245. The SMILES string of the molecule is Cc1cccc(C(=O)SCSC#N)c1. The number of aryl methyl sites for hydroxylation is 1. The van der Waals surface area contributed by atoms with E-state index in [1.807, 2.05) is 30.5 Å². The molecule has 4 heteroatoms. The summed E-state index contributed by atoms with van der Waals surface area (Å²) in [7, 11) is 0. The molecule has 14 heavy (non-hydrogen) atoms. The fraction of sp³-hybridized carbons (Fsp3) is 0.200. The third-order valence-corrected chi connectivity index (χ3v) is 3.14. The van der Waals surface area contributed by atoms with Crippen molar-refractivity contribution in [1.29, 1.82) is 5.26 Å². The van der Waals surface area contributed by atoms with Crippen LogP contribution in [0.3, 0.4) is 0 Å². The molecule has 2 nitrogen and oxygen atoms in total. The van der Waals surface area contributed by atoms with Crippen LogP contribution in [0.15, 0.2) is 24.3 Å². The van der Waals surface area contributed by atoms with Crippen LogP contribution in [0.5, 0.6) is 0 Å². The van der Waals surface area contributed by atoms with Gasteiger partial charge in [0.05, 0.1) is 5.08 Å². The van der Waals surface area contributed by atoms with Gasteiger partial charge in [0.2, 0.25) is 5.12 Å². The summed E-state index contributed by atoms with van der Waals surface area (Å²) in [6.45, 7) is 1.95. The highest BCUT2D eigenvalue weighted by Crippen LogP contribution is 2.17. The fourth-order valence-corrected chi connectivity index (χ4v) is 2.13. The van der Waals surface area contributed by atoms with Crippen LogP contribution in [-0.2, 0) is 0 Å². The van der Waals surface area contributed by atoms with Gasteiger partial charge in [0.25, 0.3) is 0 Å². The van der Waals surface area contributed by atoms with Crippen molar-refractivity contribution < 1.29 is 4.79 Å². The van der Waals surface area contributed by atoms with Gasteiger partial charge in [-0.15, -0.1) is 0 Å². The highest BCUT2D eigenvalue weighted by Gasteiger charge is 2.05. The molecule has 0 heterocycles. The van der Waals surface area contributed by atoms with E-state index < -0.39 is 0 Å². The summed E-state index contributed by atoms with van der Waals surface area (Å²) in [4.78, 5) is 11.5. The molecule has 0 unspecified atom stereocenters. The fourth-order valence-electron chi connectivity index (χ4n) is 0.965. The van der Waals surface area contributed by atoms with Crippen molar-refractivity contribution in [3.63, 3.8) is 0 Å². The zero-order valence-electron chi connectivity index (χ0n) is 7.69. The van der Waals surface area contributed by atoms with Gasteiger partial charge < -0.3 is 0 Å². The van der Waals surface area contributed by atoms with E-state index >= 15 is 0 Å². The second-order valence-corrected chi connectivity index (χ2v) is 4.73. The molecule has 0 radical (unpaired) electrons. The Hall–Kier alpha value is -0.920. The number of thioether (sulfide) groups is 2. The molecule has 1 aromatic rings. The molecule has 72 valence electrons. The summed E-state index contributed by atoms with van der Waals surface area (Å²) in [6, 6.07) is 7.46. The quantitative estimate of drug-likeness (QED) is 0.448. The molecule has 1 rings (SSSR count). The van der Waals surface area contributed by atoms with Gasteiger partial charge >= 0.3 is 0 Å². The van der Waals surface area contributed by atoms with E-state index in [4.69, 9.17) is 5.26 Å². The Morgan fingerprint density at radius 1 is 1.57 bits per heavy atom. The monoisotopic (exact) mass is 223 g/mol.